The number of carbonyl (C=O) groups is 1. The van der Waals surface area contributed by atoms with Gasteiger partial charge in [-0.25, -0.2) is 14.2 Å². The summed E-state index contributed by atoms with van der Waals surface area (Å²) in [5.41, 5.74) is 0. The maximum atomic E-state index is 12.6. The Balaban J connectivity index is 1.97. The van der Waals surface area contributed by atoms with E-state index >= 15 is 0 Å². The number of amides is 2. The number of pyridine rings is 1. The quantitative estimate of drug-likeness (QED) is 0.838. The monoisotopic (exact) mass is 255 g/mol. The van der Waals surface area contributed by atoms with Crippen LogP contribution < -0.4 is 5.32 Å². The first-order valence-electron chi connectivity index (χ1n) is 5.17. The van der Waals surface area contributed by atoms with Crippen molar-refractivity contribution in [1.82, 2.24) is 9.88 Å². The summed E-state index contributed by atoms with van der Waals surface area (Å²) in [5.74, 6) is -0.117. The second-order valence-electron chi connectivity index (χ2n) is 3.65. The van der Waals surface area contributed by atoms with Crippen LogP contribution >= 0.6 is 11.6 Å². The average molecular weight is 256 g/mol. The number of anilines is 1. The maximum absolute atomic E-state index is 12.6. The van der Waals surface area contributed by atoms with Gasteiger partial charge in [-0.3, -0.25) is 5.32 Å². The lowest BCUT2D eigenvalue weighted by Crippen LogP contribution is -2.38. The van der Waals surface area contributed by atoms with Crippen LogP contribution in [0.1, 0.15) is 6.42 Å². The number of nitrogens with one attached hydrogen (secondary N) is 1. The number of carbonyl (C=O) groups excluding carboxylic acids is 1. The summed E-state index contributed by atoms with van der Waals surface area (Å²) in [6.07, 6.45) is 3.68. The van der Waals surface area contributed by atoms with Crippen molar-refractivity contribution in [3.63, 3.8) is 0 Å². The molecule has 0 saturated heterocycles. The van der Waals surface area contributed by atoms with E-state index in [0.29, 0.717) is 23.9 Å². The van der Waals surface area contributed by atoms with Crippen LogP contribution in [0.15, 0.2) is 29.4 Å². The molecule has 2 rings (SSSR count). The van der Waals surface area contributed by atoms with E-state index in [1.54, 1.807) is 4.90 Å². The Morgan fingerprint density at radius 2 is 2.35 bits per heavy atom. The van der Waals surface area contributed by atoms with Crippen LogP contribution in [0, 0.1) is 5.82 Å². The van der Waals surface area contributed by atoms with Crippen LogP contribution in [-0.4, -0.2) is 29.0 Å². The molecule has 17 heavy (non-hydrogen) atoms. The van der Waals surface area contributed by atoms with E-state index in [0.717, 1.165) is 12.6 Å². The Labute approximate surface area is 103 Å². The topological polar surface area (TPSA) is 45.2 Å². The largest absolute Gasteiger partial charge is 0.323 e. The molecule has 1 aromatic heterocycles. The fourth-order valence-electron chi connectivity index (χ4n) is 1.51. The molecule has 1 aliphatic rings. The van der Waals surface area contributed by atoms with Gasteiger partial charge < -0.3 is 4.90 Å². The zero-order chi connectivity index (χ0) is 12.3. The molecule has 4 nitrogen and oxygen atoms in total. The van der Waals surface area contributed by atoms with Gasteiger partial charge in [0.1, 0.15) is 11.6 Å². The Hall–Kier alpha value is -1.62. The summed E-state index contributed by atoms with van der Waals surface area (Å²) in [4.78, 5) is 17.1. The van der Waals surface area contributed by atoms with Gasteiger partial charge in [-0.1, -0.05) is 17.7 Å². The van der Waals surface area contributed by atoms with Crippen LogP contribution in [0.3, 0.4) is 0 Å². The highest BCUT2D eigenvalue weighted by Gasteiger charge is 2.17. The summed E-state index contributed by atoms with van der Waals surface area (Å²) < 4.78 is 12.6. The molecule has 1 N–H and O–H groups in total. The molecule has 1 aliphatic heterocycles. The van der Waals surface area contributed by atoms with Gasteiger partial charge in [-0.05, 0) is 18.6 Å². The molecule has 0 saturated carbocycles. The summed E-state index contributed by atoms with van der Waals surface area (Å²) in [6.45, 7) is 1.01. The number of halogens is 2. The summed E-state index contributed by atoms with van der Waals surface area (Å²) in [7, 11) is 0. The van der Waals surface area contributed by atoms with Crippen molar-refractivity contribution in [3.05, 3.63) is 35.3 Å². The number of aromatic nitrogens is 1. The lowest BCUT2D eigenvalue weighted by Gasteiger charge is -2.25. The van der Waals surface area contributed by atoms with Gasteiger partial charge in [0.25, 0.3) is 0 Å². The van der Waals surface area contributed by atoms with E-state index in [1.165, 1.54) is 12.1 Å². The van der Waals surface area contributed by atoms with Crippen molar-refractivity contribution in [3.8, 4) is 0 Å². The first-order chi connectivity index (χ1) is 8.15. The molecule has 0 atom stereocenters. The molecule has 0 bridgehead atoms. The van der Waals surface area contributed by atoms with Crippen molar-refractivity contribution in [2.24, 2.45) is 0 Å². The molecule has 6 heteroatoms. The average Bonchev–Trinajstić information content (AvgIpc) is 2.32. The number of hydrogen-bond acceptors (Lipinski definition) is 2. The lowest BCUT2D eigenvalue weighted by atomic mass is 10.2. The van der Waals surface area contributed by atoms with Crippen LogP contribution in [-0.2, 0) is 0 Å². The highest BCUT2D eigenvalue weighted by Crippen LogP contribution is 2.14. The van der Waals surface area contributed by atoms with Crippen molar-refractivity contribution >= 4 is 23.4 Å². The van der Waals surface area contributed by atoms with Crippen LogP contribution in [0.25, 0.3) is 0 Å². The Morgan fingerprint density at radius 1 is 1.53 bits per heavy atom. The number of hydrogen-bond donors (Lipinski definition) is 1. The molecule has 0 radical (unpaired) electrons. The standard InChI is InChI=1S/C11H11ClFN3O/c12-8-2-1-5-16(7-8)11(17)15-10-4-3-9(13)6-14-10/h2-4,6H,1,5,7H2,(H,14,15,17). The van der Waals surface area contributed by atoms with Crippen LogP contribution in [0.4, 0.5) is 15.0 Å². The number of urea groups is 1. The lowest BCUT2D eigenvalue weighted by molar-refractivity contribution is 0.216. The van der Waals surface area contributed by atoms with Gasteiger partial charge in [0.15, 0.2) is 0 Å². The molecule has 0 fully saturated rings. The summed E-state index contributed by atoms with van der Waals surface area (Å²) in [6, 6.07) is 2.37. The molecule has 0 aromatic carbocycles. The van der Waals surface area contributed by atoms with Gasteiger partial charge >= 0.3 is 6.03 Å². The number of rotatable bonds is 1. The third-order valence-corrected chi connectivity index (χ3v) is 2.63. The second kappa shape index (κ2) is 5.14. The smallest absolute Gasteiger partial charge is 0.319 e. The normalized spacial score (nSPS) is 15.4. The fourth-order valence-corrected chi connectivity index (χ4v) is 1.77. The van der Waals surface area contributed by atoms with Crippen LogP contribution in [0.5, 0.6) is 0 Å². The van der Waals surface area contributed by atoms with Gasteiger partial charge in [0, 0.05) is 11.6 Å². The molecule has 0 unspecified atom stereocenters. The van der Waals surface area contributed by atoms with Crippen LogP contribution in [0.2, 0.25) is 0 Å². The van der Waals surface area contributed by atoms with E-state index < -0.39 is 5.82 Å². The third kappa shape index (κ3) is 3.17. The molecular weight excluding hydrogens is 245 g/mol. The number of nitrogens with zero attached hydrogens (tertiary/aromatic N) is 2. The maximum Gasteiger partial charge on any atom is 0.323 e. The zero-order valence-corrected chi connectivity index (χ0v) is 9.75. The Bertz CT molecular complexity index is 447. The molecular formula is C11H11ClFN3O. The van der Waals surface area contributed by atoms with Crippen molar-refractivity contribution < 1.29 is 9.18 Å². The van der Waals surface area contributed by atoms with Crippen molar-refractivity contribution in [2.75, 3.05) is 18.4 Å². The Morgan fingerprint density at radius 3 is 3.00 bits per heavy atom. The predicted molar refractivity (Wildman–Crippen MR) is 63.3 cm³/mol. The summed E-state index contributed by atoms with van der Waals surface area (Å²) >= 11 is 5.85. The highest BCUT2D eigenvalue weighted by atomic mass is 35.5. The van der Waals surface area contributed by atoms with Gasteiger partial charge in [0.2, 0.25) is 0 Å². The van der Waals surface area contributed by atoms with E-state index in [1.807, 2.05) is 6.08 Å². The van der Waals surface area contributed by atoms with Crippen molar-refractivity contribution in [1.29, 1.82) is 0 Å². The Kier molecular flexibility index (Phi) is 3.58. The highest BCUT2D eigenvalue weighted by molar-refractivity contribution is 6.30. The first-order valence-corrected chi connectivity index (χ1v) is 5.55. The van der Waals surface area contributed by atoms with E-state index in [4.69, 9.17) is 11.6 Å². The zero-order valence-electron chi connectivity index (χ0n) is 8.99. The van der Waals surface area contributed by atoms with Gasteiger partial charge in [0.05, 0.1) is 12.7 Å². The van der Waals surface area contributed by atoms with E-state index in [9.17, 15) is 9.18 Å². The van der Waals surface area contributed by atoms with Gasteiger partial charge in [-0.2, -0.15) is 0 Å². The van der Waals surface area contributed by atoms with Gasteiger partial charge in [-0.15, -0.1) is 0 Å². The van der Waals surface area contributed by atoms with Crippen molar-refractivity contribution in [2.45, 2.75) is 6.42 Å². The predicted octanol–water partition coefficient (Wildman–Crippen LogP) is 2.58. The fraction of sp³-hybridized carbons (Fsp3) is 0.273. The van der Waals surface area contributed by atoms with E-state index in [2.05, 4.69) is 10.3 Å². The second-order valence-corrected chi connectivity index (χ2v) is 4.14. The SMILES string of the molecule is O=C(Nc1ccc(F)cn1)N1CCC=C(Cl)C1. The van der Waals surface area contributed by atoms with E-state index in [-0.39, 0.29) is 6.03 Å². The minimum Gasteiger partial charge on any atom is -0.319 e. The molecule has 90 valence electrons. The molecule has 1 aromatic rings. The minimum atomic E-state index is -0.438. The summed E-state index contributed by atoms with van der Waals surface area (Å²) in [5, 5.41) is 3.23. The third-order valence-electron chi connectivity index (χ3n) is 2.36. The molecule has 0 spiro atoms. The molecule has 2 amide bonds. The molecule has 0 aliphatic carbocycles. The molecule has 2 heterocycles. The first kappa shape index (κ1) is 11.9. The minimum absolute atomic E-state index is 0.282.